The Kier molecular flexibility index (Phi) is 22.2. The molecule has 13 heteroatoms. The van der Waals surface area contributed by atoms with E-state index in [1.807, 2.05) is 26.3 Å². The van der Waals surface area contributed by atoms with Gasteiger partial charge in [0.15, 0.2) is 0 Å². The summed E-state index contributed by atoms with van der Waals surface area (Å²) in [5.41, 5.74) is 5.87. The maximum Gasteiger partial charge on any atom is 0.414 e. The number of aryl methyl sites for hydroxylation is 4. The van der Waals surface area contributed by atoms with E-state index in [4.69, 9.17) is 29.8 Å². The first kappa shape index (κ1) is 52.1. The third-order valence-corrected chi connectivity index (χ3v) is 12.7. The Morgan fingerprint density at radius 2 is 1.02 bits per heavy atom. The van der Waals surface area contributed by atoms with Gasteiger partial charge in [0.05, 0.1) is 64.4 Å². The summed E-state index contributed by atoms with van der Waals surface area (Å²) in [5, 5.41) is 36.6. The molecule has 0 saturated carbocycles. The number of carboxylic acids is 2. The van der Waals surface area contributed by atoms with E-state index < -0.39 is 11.9 Å². The molecule has 4 N–H and O–H groups in total. The predicted molar refractivity (Wildman–Crippen MR) is 247 cm³/mol. The van der Waals surface area contributed by atoms with E-state index in [1.54, 1.807) is 11.7 Å². The van der Waals surface area contributed by atoms with E-state index in [9.17, 15) is 10.2 Å². The summed E-state index contributed by atoms with van der Waals surface area (Å²) in [6.07, 6.45) is 23.4. The molecule has 0 bridgehead atoms. The van der Waals surface area contributed by atoms with Gasteiger partial charge in [-0.05, 0) is 139 Å². The van der Waals surface area contributed by atoms with Crippen molar-refractivity contribution in [2.45, 2.75) is 143 Å². The molecule has 0 radical (unpaired) electrons. The molecule has 2 aromatic carbocycles. The first-order valence-corrected chi connectivity index (χ1v) is 22.8. The second-order valence-corrected chi connectivity index (χ2v) is 17.4. The zero-order valence-electron chi connectivity index (χ0n) is 38.3. The SMILES string of the molecule is Cc1cc(CCCCN2CCC[N+]3=C2CCCCC3)cc(C=NC(C)C(C)N=Cc2cc(CCCCN3CCC[N+]4=C3CCCCC4)cc(C)c2O)c1O.O=C(O)C(=O)O.[CH3-].[Cr]. The van der Waals surface area contributed by atoms with Gasteiger partial charge in [-0.3, -0.25) is 28.9 Å². The van der Waals surface area contributed by atoms with Crippen LogP contribution in [0.3, 0.4) is 0 Å². The van der Waals surface area contributed by atoms with Crippen LogP contribution in [0.15, 0.2) is 34.3 Å². The summed E-state index contributed by atoms with van der Waals surface area (Å²) in [7, 11) is 0. The van der Waals surface area contributed by atoms with Crippen LogP contribution in [-0.2, 0) is 39.8 Å². The summed E-state index contributed by atoms with van der Waals surface area (Å²) in [6, 6.07) is 8.31. The van der Waals surface area contributed by atoms with Crippen LogP contribution in [0.5, 0.6) is 11.5 Å². The zero-order chi connectivity index (χ0) is 43.0. The van der Waals surface area contributed by atoms with E-state index in [0.717, 1.165) is 61.0 Å². The smallest absolute Gasteiger partial charge is 0.414 e. The van der Waals surface area contributed by atoms with Crippen LogP contribution in [0.25, 0.3) is 0 Å². The number of phenolic OH excluding ortho intramolecular Hbond substituents is 2. The molecule has 6 rings (SSSR count). The van der Waals surface area contributed by atoms with Crippen LogP contribution in [-0.4, -0.2) is 140 Å². The van der Waals surface area contributed by atoms with Gasteiger partial charge in [-0.2, -0.15) is 0 Å². The van der Waals surface area contributed by atoms with E-state index in [-0.39, 0.29) is 36.9 Å². The second-order valence-electron chi connectivity index (χ2n) is 17.4. The van der Waals surface area contributed by atoms with Gasteiger partial charge in [0.25, 0.3) is 0 Å². The van der Waals surface area contributed by atoms with Gasteiger partial charge >= 0.3 is 11.9 Å². The van der Waals surface area contributed by atoms with Crippen LogP contribution in [0, 0.1) is 21.3 Å². The Hall–Kier alpha value is -4.21. The van der Waals surface area contributed by atoms with Crippen molar-refractivity contribution in [3.63, 3.8) is 0 Å². The first-order valence-electron chi connectivity index (χ1n) is 22.8. The van der Waals surface area contributed by atoms with Gasteiger partial charge in [0.1, 0.15) is 11.5 Å². The van der Waals surface area contributed by atoms with Crippen molar-refractivity contribution in [2.75, 3.05) is 52.4 Å². The van der Waals surface area contributed by atoms with Gasteiger partial charge in [0.2, 0.25) is 11.7 Å². The minimum Gasteiger partial charge on any atom is -0.507 e. The van der Waals surface area contributed by atoms with Crippen molar-refractivity contribution in [1.29, 1.82) is 0 Å². The molecule has 0 spiro atoms. The molecule has 12 nitrogen and oxygen atoms in total. The third-order valence-electron chi connectivity index (χ3n) is 12.7. The quantitative estimate of drug-likeness (QED) is 0.0468. The Labute approximate surface area is 382 Å². The van der Waals surface area contributed by atoms with Crippen molar-refractivity contribution >= 4 is 36.0 Å². The zero-order valence-corrected chi connectivity index (χ0v) is 39.6. The maximum atomic E-state index is 10.9. The van der Waals surface area contributed by atoms with E-state index in [0.29, 0.717) is 11.5 Å². The molecule has 62 heavy (non-hydrogen) atoms. The number of aliphatic imine (C=N–C) groups is 2. The van der Waals surface area contributed by atoms with Crippen LogP contribution in [0.1, 0.15) is 137 Å². The Balaban J connectivity index is 0.00000119. The van der Waals surface area contributed by atoms with Gasteiger partial charge in [-0.1, -0.05) is 12.1 Å². The number of aliphatic carboxylic acids is 2. The van der Waals surface area contributed by atoms with Crippen molar-refractivity contribution in [3.05, 3.63) is 65.1 Å². The molecule has 2 unspecified atom stereocenters. The Morgan fingerprint density at radius 3 is 1.40 bits per heavy atom. The number of hydrogen-bond acceptors (Lipinski definition) is 8. The standard InChI is InChI=1S/C46H68N6O2.C2H2O4.CH3.Cr/c1-35-29-39(17-9-13-23-51-27-15-25-49-21-11-5-7-19-43(49)51)31-41(45(35)53)33-47-37(3)38(4)48-34-42-32-40(30-36(2)46(42)54)18-10-14-24-52-28-16-26-50-22-12-6-8-20-44(50)52;3-1(4)2(5)6;;/h29-34,37-38H,5-28H2,1-4H3;(H,3,4)(H,5,6);1H3;/q;;-1;/p+2. The molecular formula is C49H75CrN6O6+. The topological polar surface area (TPSA) is 152 Å². The summed E-state index contributed by atoms with van der Waals surface area (Å²) >= 11 is 0. The van der Waals surface area contributed by atoms with E-state index in [2.05, 4.69) is 57.1 Å². The van der Waals surface area contributed by atoms with Gasteiger partial charge in [-0.15, -0.1) is 0 Å². The fourth-order valence-corrected chi connectivity index (χ4v) is 9.10. The third kappa shape index (κ3) is 15.5. The number of hydrogen-bond donors (Lipinski definition) is 4. The second kappa shape index (κ2) is 26.4. The molecule has 0 fully saturated rings. The molecular weight excluding hydrogens is 821 g/mol. The summed E-state index contributed by atoms with van der Waals surface area (Å²) < 4.78 is 5.31. The normalized spacial score (nSPS) is 17.8. The largest absolute Gasteiger partial charge is 0.507 e. The number of aromatic hydroxyl groups is 2. The molecule has 0 saturated heterocycles. The monoisotopic (exact) mass is 896 g/mol. The number of rotatable bonds is 15. The summed E-state index contributed by atoms with van der Waals surface area (Å²) in [6.45, 7) is 17.8. The molecule has 0 aromatic heterocycles. The number of nitrogens with zero attached hydrogens (tertiary/aromatic N) is 6. The van der Waals surface area contributed by atoms with Gasteiger partial charge in [0, 0.05) is 66.6 Å². The molecule has 0 amide bonds. The van der Waals surface area contributed by atoms with Crippen LogP contribution in [0.4, 0.5) is 0 Å². The predicted octanol–water partition coefficient (Wildman–Crippen LogP) is 7.66. The van der Waals surface area contributed by atoms with Crippen molar-refractivity contribution in [1.82, 2.24) is 9.80 Å². The fourth-order valence-electron chi connectivity index (χ4n) is 9.10. The average molecular weight is 896 g/mol. The summed E-state index contributed by atoms with van der Waals surface area (Å²) in [4.78, 5) is 33.2. The van der Waals surface area contributed by atoms with E-state index >= 15 is 0 Å². The van der Waals surface area contributed by atoms with Gasteiger partial charge < -0.3 is 27.9 Å². The number of amidine groups is 2. The van der Waals surface area contributed by atoms with Crippen LogP contribution in [0.2, 0.25) is 0 Å². The molecule has 2 atom stereocenters. The van der Waals surface area contributed by atoms with Crippen LogP contribution < -0.4 is 0 Å². The molecule has 0 aliphatic carbocycles. The van der Waals surface area contributed by atoms with Crippen molar-refractivity contribution in [2.24, 2.45) is 9.98 Å². The average Bonchev–Trinajstić information content (AvgIpc) is 3.64. The maximum absolute atomic E-state index is 10.9. The number of benzene rings is 2. The van der Waals surface area contributed by atoms with E-state index in [1.165, 1.54) is 127 Å². The molecule has 4 aliphatic heterocycles. The first-order chi connectivity index (χ1) is 28.9. The number of carboxylic acid groups (broad SMARTS) is 2. The van der Waals surface area contributed by atoms with Crippen molar-refractivity contribution < 1.29 is 56.5 Å². The fraction of sp³-hybridized carbons (Fsp3) is 0.612. The Morgan fingerprint density at radius 1 is 0.629 bits per heavy atom. The minimum atomic E-state index is -1.82. The van der Waals surface area contributed by atoms with Crippen molar-refractivity contribution in [3.8, 4) is 11.5 Å². The Bertz CT molecular complexity index is 1780. The van der Waals surface area contributed by atoms with Gasteiger partial charge in [-0.25, -0.2) is 9.59 Å². The molecule has 4 heterocycles. The molecule has 2 aromatic rings. The number of carbonyl (C=O) groups is 2. The summed E-state index contributed by atoms with van der Waals surface area (Å²) in [5.74, 6) is 0.171. The molecule has 4 aliphatic rings. The molecule has 342 valence electrons. The number of unbranched alkanes of at least 4 members (excludes halogenated alkanes) is 2. The minimum absolute atomic E-state index is 0. The van der Waals surface area contributed by atoms with Crippen LogP contribution >= 0.6 is 0 Å². The number of phenols is 2.